The minimum absolute atomic E-state index is 0.0513. The maximum atomic E-state index is 12.6. The molecule has 0 aliphatic carbocycles. The minimum atomic E-state index is -4.46. The molecule has 2 aromatic heterocycles. The van der Waals surface area contributed by atoms with Crippen LogP contribution >= 0.6 is 0 Å². The number of nitrogens with two attached hydrogens (primary N) is 1. The molecule has 2 unspecified atom stereocenters. The molecule has 7 nitrogen and oxygen atoms in total. The molecule has 2 atom stereocenters. The van der Waals surface area contributed by atoms with Crippen molar-refractivity contribution in [3.05, 3.63) is 35.8 Å². The molecule has 1 saturated heterocycles. The van der Waals surface area contributed by atoms with Crippen LogP contribution in [0.5, 0.6) is 0 Å². The fourth-order valence-corrected chi connectivity index (χ4v) is 2.91. The van der Waals surface area contributed by atoms with Gasteiger partial charge in [-0.1, -0.05) is 5.21 Å². The topological polar surface area (TPSA) is 89.9 Å². The van der Waals surface area contributed by atoms with Crippen LogP contribution in [0.4, 0.5) is 13.2 Å². The summed E-state index contributed by atoms with van der Waals surface area (Å²) in [6.45, 7) is 3.01. The first-order valence-electron chi connectivity index (χ1n) is 7.76. The van der Waals surface area contributed by atoms with E-state index in [1.807, 2.05) is 6.92 Å². The summed E-state index contributed by atoms with van der Waals surface area (Å²) in [7, 11) is 0. The van der Waals surface area contributed by atoms with E-state index in [9.17, 15) is 18.0 Å². The SMILES string of the molecule is CC1CC(CN)CN1C(=O)c1cn(-c2ccc(C(F)(F)F)cn2)nn1. The maximum Gasteiger partial charge on any atom is 0.417 e. The standard InChI is InChI=1S/C15H17F3N6O/c1-9-4-10(5-19)7-23(9)14(25)12-8-24(22-21-12)13-3-2-11(6-20-13)15(16,17)18/h2-3,6,8-10H,4-5,7,19H2,1H3. The van der Waals surface area contributed by atoms with Gasteiger partial charge in [0.05, 0.1) is 11.8 Å². The van der Waals surface area contributed by atoms with Gasteiger partial charge in [-0.15, -0.1) is 5.10 Å². The predicted molar refractivity (Wildman–Crippen MR) is 81.8 cm³/mol. The Bertz CT molecular complexity index is 757. The summed E-state index contributed by atoms with van der Waals surface area (Å²) in [5.74, 6) is 0.126. The van der Waals surface area contributed by atoms with Gasteiger partial charge in [-0.2, -0.15) is 13.2 Å². The summed E-state index contributed by atoms with van der Waals surface area (Å²) >= 11 is 0. The number of hydrogen-bond donors (Lipinski definition) is 1. The number of rotatable bonds is 3. The lowest BCUT2D eigenvalue weighted by Crippen LogP contribution is -2.34. The van der Waals surface area contributed by atoms with E-state index in [0.29, 0.717) is 19.3 Å². The van der Waals surface area contributed by atoms with Gasteiger partial charge in [0.15, 0.2) is 11.5 Å². The largest absolute Gasteiger partial charge is 0.417 e. The van der Waals surface area contributed by atoms with Crippen LogP contribution in [0, 0.1) is 5.92 Å². The predicted octanol–water partition coefficient (Wildman–Crippen LogP) is 1.49. The number of halogens is 3. The lowest BCUT2D eigenvalue weighted by Gasteiger charge is -2.19. The van der Waals surface area contributed by atoms with E-state index in [1.165, 1.54) is 16.9 Å². The Morgan fingerprint density at radius 3 is 2.72 bits per heavy atom. The number of alkyl halides is 3. The molecule has 1 fully saturated rings. The third-order valence-electron chi connectivity index (χ3n) is 4.28. The van der Waals surface area contributed by atoms with Gasteiger partial charge in [0, 0.05) is 18.8 Å². The van der Waals surface area contributed by atoms with Crippen molar-refractivity contribution in [3.63, 3.8) is 0 Å². The van der Waals surface area contributed by atoms with Crippen molar-refractivity contribution in [1.82, 2.24) is 24.9 Å². The quantitative estimate of drug-likeness (QED) is 0.902. The average molecular weight is 354 g/mol. The molecule has 1 aliphatic heterocycles. The van der Waals surface area contributed by atoms with Crippen molar-refractivity contribution < 1.29 is 18.0 Å². The van der Waals surface area contributed by atoms with Gasteiger partial charge in [-0.05, 0) is 37.9 Å². The van der Waals surface area contributed by atoms with Gasteiger partial charge in [0.2, 0.25) is 0 Å². The lowest BCUT2D eigenvalue weighted by molar-refractivity contribution is -0.137. The fourth-order valence-electron chi connectivity index (χ4n) is 2.91. The van der Waals surface area contributed by atoms with Gasteiger partial charge in [0.25, 0.3) is 5.91 Å². The van der Waals surface area contributed by atoms with Crippen LogP contribution in [-0.2, 0) is 6.18 Å². The second kappa shape index (κ2) is 6.43. The third-order valence-corrected chi connectivity index (χ3v) is 4.28. The third kappa shape index (κ3) is 3.48. The molecule has 1 aliphatic rings. The summed E-state index contributed by atoms with van der Waals surface area (Å²) in [6, 6.07) is 2.13. The summed E-state index contributed by atoms with van der Waals surface area (Å²) in [4.78, 5) is 18.0. The first kappa shape index (κ1) is 17.3. The number of pyridine rings is 1. The molecule has 25 heavy (non-hydrogen) atoms. The molecule has 2 aromatic rings. The van der Waals surface area contributed by atoms with Gasteiger partial charge < -0.3 is 10.6 Å². The first-order valence-corrected chi connectivity index (χ1v) is 7.76. The number of amides is 1. The molecule has 10 heteroatoms. The second-order valence-corrected chi connectivity index (χ2v) is 6.10. The zero-order chi connectivity index (χ0) is 18.2. The van der Waals surface area contributed by atoms with Crippen LogP contribution < -0.4 is 5.73 Å². The van der Waals surface area contributed by atoms with Crippen molar-refractivity contribution in [2.75, 3.05) is 13.1 Å². The monoisotopic (exact) mass is 354 g/mol. The maximum absolute atomic E-state index is 12.6. The van der Waals surface area contributed by atoms with Crippen molar-refractivity contribution in [1.29, 1.82) is 0 Å². The molecule has 1 amide bonds. The van der Waals surface area contributed by atoms with Crippen LogP contribution in [0.25, 0.3) is 5.82 Å². The Kier molecular flexibility index (Phi) is 4.46. The highest BCUT2D eigenvalue weighted by atomic mass is 19.4. The molecular weight excluding hydrogens is 337 g/mol. The highest BCUT2D eigenvalue weighted by Gasteiger charge is 2.33. The molecule has 3 heterocycles. The number of hydrogen-bond acceptors (Lipinski definition) is 5. The summed E-state index contributed by atoms with van der Waals surface area (Å²) in [5, 5.41) is 7.61. The summed E-state index contributed by atoms with van der Waals surface area (Å²) in [5.41, 5.74) is 4.92. The zero-order valence-electron chi connectivity index (χ0n) is 13.4. The number of nitrogens with zero attached hydrogens (tertiary/aromatic N) is 5. The van der Waals surface area contributed by atoms with Gasteiger partial charge in [0.1, 0.15) is 0 Å². The van der Waals surface area contributed by atoms with E-state index >= 15 is 0 Å². The summed E-state index contributed by atoms with van der Waals surface area (Å²) in [6.07, 6.45) is -1.55. The minimum Gasteiger partial charge on any atom is -0.334 e. The summed E-state index contributed by atoms with van der Waals surface area (Å²) < 4.78 is 38.9. The van der Waals surface area contributed by atoms with Crippen molar-refractivity contribution in [2.24, 2.45) is 11.7 Å². The smallest absolute Gasteiger partial charge is 0.334 e. The van der Waals surface area contributed by atoms with Crippen molar-refractivity contribution >= 4 is 5.91 Å². The van der Waals surface area contributed by atoms with E-state index < -0.39 is 11.7 Å². The Labute approximate surface area is 141 Å². The normalized spacial score (nSPS) is 20.9. The van der Waals surface area contributed by atoms with Crippen LogP contribution in [-0.4, -0.2) is 49.9 Å². The Morgan fingerprint density at radius 1 is 1.40 bits per heavy atom. The molecular formula is C15H17F3N6O. The van der Waals surface area contributed by atoms with E-state index in [0.717, 1.165) is 12.5 Å². The number of likely N-dealkylation sites (tertiary alicyclic amines) is 1. The van der Waals surface area contributed by atoms with Gasteiger partial charge in [-0.25, -0.2) is 9.67 Å². The molecule has 3 rings (SSSR count). The molecule has 0 saturated carbocycles. The number of carbonyl (C=O) groups is 1. The number of aromatic nitrogens is 4. The Balaban J connectivity index is 1.77. The highest BCUT2D eigenvalue weighted by molar-refractivity contribution is 5.92. The van der Waals surface area contributed by atoms with Crippen LogP contribution in [0.2, 0.25) is 0 Å². The molecule has 2 N–H and O–H groups in total. The molecule has 0 bridgehead atoms. The van der Waals surface area contributed by atoms with E-state index in [2.05, 4.69) is 15.3 Å². The van der Waals surface area contributed by atoms with Gasteiger partial charge in [-0.3, -0.25) is 4.79 Å². The second-order valence-electron chi connectivity index (χ2n) is 6.10. The van der Waals surface area contributed by atoms with Crippen LogP contribution in [0.1, 0.15) is 29.4 Å². The molecule has 134 valence electrons. The molecule has 0 aromatic carbocycles. The van der Waals surface area contributed by atoms with Crippen LogP contribution in [0.3, 0.4) is 0 Å². The highest BCUT2D eigenvalue weighted by Crippen LogP contribution is 2.28. The van der Waals surface area contributed by atoms with Crippen molar-refractivity contribution in [2.45, 2.75) is 25.6 Å². The van der Waals surface area contributed by atoms with Crippen molar-refractivity contribution in [3.8, 4) is 5.82 Å². The zero-order valence-corrected chi connectivity index (χ0v) is 13.4. The first-order chi connectivity index (χ1) is 11.8. The number of carbonyl (C=O) groups excluding carboxylic acids is 1. The Hall–Kier alpha value is -2.49. The fraction of sp³-hybridized carbons (Fsp3) is 0.467. The van der Waals surface area contributed by atoms with E-state index in [1.54, 1.807) is 4.90 Å². The van der Waals surface area contributed by atoms with E-state index in [4.69, 9.17) is 5.73 Å². The Morgan fingerprint density at radius 2 is 2.16 bits per heavy atom. The molecule has 0 radical (unpaired) electrons. The van der Waals surface area contributed by atoms with E-state index in [-0.39, 0.29) is 29.4 Å². The van der Waals surface area contributed by atoms with Crippen LogP contribution in [0.15, 0.2) is 24.5 Å². The molecule has 0 spiro atoms. The lowest BCUT2D eigenvalue weighted by atomic mass is 10.1. The average Bonchev–Trinajstić information content (AvgIpc) is 3.20. The van der Waals surface area contributed by atoms with Gasteiger partial charge >= 0.3 is 6.18 Å².